The highest BCUT2D eigenvalue weighted by atomic mass is 19.1. The van der Waals surface area contributed by atoms with Gasteiger partial charge in [-0.1, -0.05) is 17.3 Å². The van der Waals surface area contributed by atoms with Crippen molar-refractivity contribution in [2.24, 2.45) is 0 Å². The molecular weight excluding hydrogens is 614 g/mol. The average Bonchev–Trinajstić information content (AvgIpc) is 3.69. The van der Waals surface area contributed by atoms with Gasteiger partial charge >= 0.3 is 12.1 Å². The van der Waals surface area contributed by atoms with E-state index < -0.39 is 41.2 Å². The number of hydrogen-bond acceptors (Lipinski definition) is 8. The lowest BCUT2D eigenvalue weighted by molar-refractivity contribution is -0.139. The Hall–Kier alpha value is -5.92. The van der Waals surface area contributed by atoms with E-state index in [1.54, 1.807) is 64.1 Å². The van der Waals surface area contributed by atoms with Crippen LogP contribution >= 0.6 is 0 Å². The molecule has 0 fully saturated rings. The number of rotatable bonds is 9. The van der Waals surface area contributed by atoms with Gasteiger partial charge in [-0.25, -0.2) is 23.1 Å². The molecule has 0 aliphatic heterocycles. The van der Waals surface area contributed by atoms with Crippen LogP contribution in [0.2, 0.25) is 0 Å². The Morgan fingerprint density at radius 2 is 1.77 bits per heavy atom. The van der Waals surface area contributed by atoms with Crippen molar-refractivity contribution in [1.29, 1.82) is 0 Å². The lowest BCUT2D eigenvalue weighted by Gasteiger charge is -2.19. The van der Waals surface area contributed by atoms with Crippen molar-refractivity contribution < 1.29 is 37.5 Å². The number of aryl methyl sites for hydroxylation is 1. The molecule has 0 saturated carbocycles. The summed E-state index contributed by atoms with van der Waals surface area (Å²) >= 11 is 0. The minimum atomic E-state index is -1.39. The maximum Gasteiger partial charge on any atom is 0.412 e. The number of anilines is 1. The summed E-state index contributed by atoms with van der Waals surface area (Å²) in [5.41, 5.74) is 1.56. The van der Waals surface area contributed by atoms with E-state index in [2.05, 4.69) is 25.9 Å². The summed E-state index contributed by atoms with van der Waals surface area (Å²) in [5, 5.41) is 22.7. The summed E-state index contributed by atoms with van der Waals surface area (Å²) in [6, 6.07) is 13.6. The third kappa shape index (κ3) is 8.03. The van der Waals surface area contributed by atoms with Crippen molar-refractivity contribution in [3.05, 3.63) is 101 Å². The minimum Gasteiger partial charge on any atom is -0.480 e. The number of aliphatic carboxylic acids is 1. The molecule has 3 N–H and O–H groups in total. The molecule has 47 heavy (non-hydrogen) atoms. The molecule has 14 heteroatoms. The highest BCUT2D eigenvalue weighted by Gasteiger charge is 2.24. The van der Waals surface area contributed by atoms with Crippen LogP contribution in [0, 0.1) is 18.6 Å². The summed E-state index contributed by atoms with van der Waals surface area (Å²) < 4.78 is 41.0. The lowest BCUT2D eigenvalue weighted by Crippen LogP contribution is -2.42. The third-order valence-corrected chi connectivity index (χ3v) is 6.79. The largest absolute Gasteiger partial charge is 0.480 e. The number of benzene rings is 3. The third-order valence-electron chi connectivity index (χ3n) is 6.79. The standard InChI is InChI=1S/C33H30F2N6O6/c1-18-5-11-23(15-25(18)34)41-17-21(16-36-41)29(42)38-27(31(43)44)14-19-6-12-24(26(35)13-19)28-39-30(47-40-28)20-7-9-22(10-8-20)37-32(45)46-33(2,3)4/h5-13,15-17,27H,14H2,1-4H3,(H,37,45)(H,38,42)(H,43,44). The molecule has 5 rings (SSSR count). The number of amides is 2. The zero-order valence-corrected chi connectivity index (χ0v) is 25.7. The van der Waals surface area contributed by atoms with Crippen LogP contribution in [0.5, 0.6) is 0 Å². The van der Waals surface area contributed by atoms with Gasteiger partial charge < -0.3 is 19.7 Å². The minimum absolute atomic E-state index is 0.0165. The first-order valence-corrected chi connectivity index (χ1v) is 14.3. The number of carbonyl (C=O) groups is 3. The summed E-state index contributed by atoms with van der Waals surface area (Å²) in [5.74, 6) is -3.14. The van der Waals surface area contributed by atoms with Crippen LogP contribution in [0.4, 0.5) is 19.3 Å². The summed E-state index contributed by atoms with van der Waals surface area (Å²) in [4.78, 5) is 41.1. The van der Waals surface area contributed by atoms with Crippen molar-refractivity contribution >= 4 is 23.7 Å². The Bertz CT molecular complexity index is 1950. The van der Waals surface area contributed by atoms with Gasteiger partial charge in [0.2, 0.25) is 5.82 Å². The predicted molar refractivity (Wildman–Crippen MR) is 166 cm³/mol. The van der Waals surface area contributed by atoms with Crippen molar-refractivity contribution in [2.75, 3.05) is 5.32 Å². The normalized spacial score (nSPS) is 12.0. The molecule has 0 aliphatic rings. The topological polar surface area (TPSA) is 161 Å². The molecule has 5 aromatic rings. The van der Waals surface area contributed by atoms with Gasteiger partial charge in [0.15, 0.2) is 0 Å². The molecule has 0 bridgehead atoms. The molecule has 2 aromatic heterocycles. The fraction of sp³-hybridized carbons (Fsp3) is 0.212. The number of nitrogens with zero attached hydrogens (tertiary/aromatic N) is 4. The quantitative estimate of drug-likeness (QED) is 0.176. The molecule has 12 nitrogen and oxygen atoms in total. The highest BCUT2D eigenvalue weighted by Crippen LogP contribution is 2.26. The zero-order chi connectivity index (χ0) is 33.9. The van der Waals surface area contributed by atoms with Gasteiger partial charge in [-0.05, 0) is 87.4 Å². The van der Waals surface area contributed by atoms with Crippen LogP contribution in [0.25, 0.3) is 28.5 Å². The van der Waals surface area contributed by atoms with Crippen molar-refractivity contribution in [2.45, 2.75) is 45.8 Å². The Morgan fingerprint density at radius 3 is 2.43 bits per heavy atom. The monoisotopic (exact) mass is 644 g/mol. The maximum absolute atomic E-state index is 15.2. The fourth-order valence-corrected chi connectivity index (χ4v) is 4.42. The molecule has 0 saturated heterocycles. The van der Waals surface area contributed by atoms with Gasteiger partial charge in [0, 0.05) is 23.9 Å². The van der Waals surface area contributed by atoms with Gasteiger partial charge in [-0.2, -0.15) is 10.1 Å². The van der Waals surface area contributed by atoms with E-state index in [1.165, 1.54) is 35.3 Å². The van der Waals surface area contributed by atoms with Crippen LogP contribution in [-0.4, -0.2) is 54.6 Å². The number of carboxylic acid groups (broad SMARTS) is 1. The van der Waals surface area contributed by atoms with E-state index in [0.29, 0.717) is 28.1 Å². The molecule has 3 aromatic carbocycles. The first-order valence-electron chi connectivity index (χ1n) is 14.3. The van der Waals surface area contributed by atoms with Crippen molar-refractivity contribution in [1.82, 2.24) is 25.2 Å². The zero-order valence-electron chi connectivity index (χ0n) is 25.7. The number of aromatic nitrogens is 4. The van der Waals surface area contributed by atoms with Gasteiger partial charge in [-0.15, -0.1) is 0 Å². The van der Waals surface area contributed by atoms with Gasteiger partial charge in [0.25, 0.3) is 11.8 Å². The van der Waals surface area contributed by atoms with Crippen LogP contribution in [0.1, 0.15) is 42.3 Å². The number of halogens is 2. The highest BCUT2D eigenvalue weighted by molar-refractivity contribution is 5.96. The van der Waals surface area contributed by atoms with E-state index >= 15 is 4.39 Å². The first kappa shape index (κ1) is 32.5. The summed E-state index contributed by atoms with van der Waals surface area (Å²) in [7, 11) is 0. The molecule has 2 amide bonds. The van der Waals surface area contributed by atoms with E-state index in [1.807, 2.05) is 0 Å². The van der Waals surface area contributed by atoms with Crippen LogP contribution in [-0.2, 0) is 16.0 Å². The smallest absolute Gasteiger partial charge is 0.412 e. The predicted octanol–water partition coefficient (Wildman–Crippen LogP) is 5.95. The number of hydrogen-bond donors (Lipinski definition) is 3. The molecular formula is C33H30F2N6O6. The molecule has 1 unspecified atom stereocenters. The van der Waals surface area contributed by atoms with Crippen molar-refractivity contribution in [3.8, 4) is 28.5 Å². The number of nitrogens with one attached hydrogen (secondary N) is 2. The number of carbonyl (C=O) groups excluding carboxylic acids is 2. The lowest BCUT2D eigenvalue weighted by atomic mass is 10.0. The Morgan fingerprint density at radius 1 is 1.02 bits per heavy atom. The fourth-order valence-electron chi connectivity index (χ4n) is 4.42. The first-order chi connectivity index (χ1) is 22.3. The second kappa shape index (κ2) is 13.2. The van der Waals surface area contributed by atoms with E-state index in [4.69, 9.17) is 9.26 Å². The Balaban J connectivity index is 1.23. The summed E-state index contributed by atoms with van der Waals surface area (Å²) in [6.45, 7) is 6.88. The number of carboxylic acids is 1. The molecule has 0 aliphatic carbocycles. The average molecular weight is 645 g/mol. The Kier molecular flexibility index (Phi) is 9.12. The van der Waals surface area contributed by atoms with Gasteiger partial charge in [-0.3, -0.25) is 10.1 Å². The van der Waals surface area contributed by atoms with Crippen LogP contribution in [0.15, 0.2) is 77.6 Å². The van der Waals surface area contributed by atoms with Gasteiger partial charge in [0.05, 0.1) is 23.0 Å². The van der Waals surface area contributed by atoms with E-state index in [0.717, 1.165) is 6.07 Å². The van der Waals surface area contributed by atoms with Crippen LogP contribution in [0.3, 0.4) is 0 Å². The maximum atomic E-state index is 15.2. The Labute approximate surface area is 267 Å². The molecule has 0 radical (unpaired) electrons. The second-order valence-electron chi connectivity index (χ2n) is 11.6. The van der Waals surface area contributed by atoms with E-state index in [9.17, 15) is 23.9 Å². The summed E-state index contributed by atoms with van der Waals surface area (Å²) in [6.07, 6.45) is 1.75. The second-order valence-corrected chi connectivity index (χ2v) is 11.6. The van der Waals surface area contributed by atoms with E-state index in [-0.39, 0.29) is 29.3 Å². The molecule has 242 valence electrons. The van der Waals surface area contributed by atoms with Crippen LogP contribution < -0.4 is 10.6 Å². The molecule has 0 spiro atoms. The van der Waals surface area contributed by atoms with Gasteiger partial charge in [0.1, 0.15) is 23.3 Å². The van der Waals surface area contributed by atoms with Crippen molar-refractivity contribution in [3.63, 3.8) is 0 Å². The molecule has 2 heterocycles. The SMILES string of the molecule is Cc1ccc(-n2cc(C(=O)NC(Cc3ccc(-c4noc(-c5ccc(NC(=O)OC(C)(C)C)cc5)n4)c(F)c3)C(=O)O)cn2)cc1F. The number of ether oxygens (including phenoxy) is 1. The molecule has 1 atom stereocenters.